The molecule has 139 valence electrons. The molecular formula is C21H29O3Si2. The minimum atomic E-state index is -1.71. The molecule has 0 atom stereocenters. The monoisotopic (exact) mass is 385 g/mol. The van der Waals surface area contributed by atoms with Crippen LogP contribution in [0.1, 0.15) is 17.5 Å². The van der Waals surface area contributed by atoms with Crippen LogP contribution in [-0.4, -0.2) is 29.6 Å². The van der Waals surface area contributed by atoms with E-state index in [1.807, 2.05) is 18.2 Å². The first-order chi connectivity index (χ1) is 12.3. The van der Waals surface area contributed by atoms with Crippen molar-refractivity contribution in [3.05, 3.63) is 60.2 Å². The molecule has 1 radical (unpaired) electrons. The van der Waals surface area contributed by atoms with Crippen LogP contribution in [0, 0.1) is 0 Å². The molecule has 0 aliphatic heterocycles. The molecule has 0 spiro atoms. The number of hydrogen-bond donors (Lipinski definition) is 1. The second kappa shape index (κ2) is 9.21. The standard InChI is InChI=1S/C21H29O3Si2/c1-6-17-9-12-19(13-10-17)25(3)24-26(4,5)15-7-8-18-11-14-20(22)21(16-18)23-2/h6,9-14,16,22H,1,7-8,15H2,2-5H3. The van der Waals surface area contributed by atoms with Gasteiger partial charge < -0.3 is 14.0 Å². The highest BCUT2D eigenvalue weighted by atomic mass is 28.4. The SMILES string of the molecule is C=Cc1ccc([Si](C)O[Si](C)(C)CCCc2ccc(O)c(OC)c2)cc1. The van der Waals surface area contributed by atoms with Gasteiger partial charge in [-0.05, 0) is 67.0 Å². The predicted molar refractivity (Wildman–Crippen MR) is 114 cm³/mol. The Morgan fingerprint density at radius 1 is 1.15 bits per heavy atom. The van der Waals surface area contributed by atoms with Gasteiger partial charge in [-0.25, -0.2) is 0 Å². The van der Waals surface area contributed by atoms with Crippen molar-refractivity contribution >= 4 is 28.6 Å². The summed E-state index contributed by atoms with van der Waals surface area (Å²) in [5, 5.41) is 11.0. The number of phenols is 1. The molecule has 1 N–H and O–H groups in total. The molecule has 2 aromatic carbocycles. The van der Waals surface area contributed by atoms with Gasteiger partial charge in [-0.2, -0.15) is 0 Å². The van der Waals surface area contributed by atoms with Crippen molar-refractivity contribution in [2.24, 2.45) is 0 Å². The molecule has 0 heterocycles. The van der Waals surface area contributed by atoms with E-state index in [0.29, 0.717) is 5.75 Å². The minimum absolute atomic E-state index is 0.190. The van der Waals surface area contributed by atoms with Gasteiger partial charge in [-0.3, -0.25) is 0 Å². The normalized spacial score (nSPS) is 11.6. The molecule has 0 aromatic heterocycles. The Labute approximate surface area is 160 Å². The van der Waals surface area contributed by atoms with Gasteiger partial charge in [0.15, 0.2) is 19.8 Å². The molecule has 0 aliphatic carbocycles. The van der Waals surface area contributed by atoms with Gasteiger partial charge in [-0.1, -0.05) is 43.0 Å². The third kappa shape index (κ3) is 5.86. The molecule has 0 bridgehead atoms. The molecule has 0 saturated carbocycles. The van der Waals surface area contributed by atoms with E-state index in [4.69, 9.17) is 8.85 Å². The smallest absolute Gasteiger partial charge is 0.231 e. The second-order valence-corrected chi connectivity index (χ2v) is 13.6. The molecule has 5 heteroatoms. The van der Waals surface area contributed by atoms with Gasteiger partial charge in [0.2, 0.25) is 9.04 Å². The topological polar surface area (TPSA) is 38.7 Å². The maximum absolute atomic E-state index is 9.69. The van der Waals surface area contributed by atoms with Crippen LogP contribution >= 0.6 is 0 Å². The maximum atomic E-state index is 9.69. The van der Waals surface area contributed by atoms with Crippen LogP contribution in [0.25, 0.3) is 6.08 Å². The highest BCUT2D eigenvalue weighted by Gasteiger charge is 2.26. The van der Waals surface area contributed by atoms with Gasteiger partial charge in [-0.15, -0.1) is 0 Å². The van der Waals surface area contributed by atoms with Crippen LogP contribution in [-0.2, 0) is 10.5 Å². The van der Waals surface area contributed by atoms with Crippen molar-refractivity contribution < 1.29 is 14.0 Å². The van der Waals surface area contributed by atoms with Crippen molar-refractivity contribution in [1.29, 1.82) is 0 Å². The molecule has 2 aromatic rings. The van der Waals surface area contributed by atoms with Gasteiger partial charge in [0.1, 0.15) is 0 Å². The van der Waals surface area contributed by atoms with E-state index >= 15 is 0 Å². The molecule has 0 saturated heterocycles. The summed E-state index contributed by atoms with van der Waals surface area (Å²) in [7, 11) is -1.12. The number of phenolic OH excluding ortho intramolecular Hbond substituents is 1. The number of rotatable bonds is 9. The van der Waals surface area contributed by atoms with E-state index in [9.17, 15) is 5.11 Å². The fraction of sp³-hybridized carbons (Fsp3) is 0.333. The van der Waals surface area contributed by atoms with E-state index in [2.05, 4.69) is 50.5 Å². The third-order valence-corrected chi connectivity index (χ3v) is 10.6. The summed E-state index contributed by atoms with van der Waals surface area (Å²) in [5.41, 5.74) is 2.33. The molecular weight excluding hydrogens is 356 g/mol. The lowest BCUT2D eigenvalue weighted by atomic mass is 10.1. The Hall–Kier alpha value is -1.83. The molecule has 0 amide bonds. The molecule has 0 unspecified atom stereocenters. The van der Waals surface area contributed by atoms with Gasteiger partial charge in [0.05, 0.1) is 7.11 Å². The van der Waals surface area contributed by atoms with Crippen LogP contribution in [0.2, 0.25) is 25.7 Å². The summed E-state index contributed by atoms with van der Waals surface area (Å²) in [4.78, 5) is 0. The zero-order chi connectivity index (χ0) is 19.2. The molecule has 26 heavy (non-hydrogen) atoms. The summed E-state index contributed by atoms with van der Waals surface area (Å²) in [6.07, 6.45) is 3.91. The Balaban J connectivity index is 1.88. The van der Waals surface area contributed by atoms with E-state index < -0.39 is 17.4 Å². The first-order valence-electron chi connectivity index (χ1n) is 8.96. The zero-order valence-electron chi connectivity index (χ0n) is 16.2. The maximum Gasteiger partial charge on any atom is 0.231 e. The largest absolute Gasteiger partial charge is 0.504 e. The number of aryl methyl sites for hydroxylation is 1. The Kier molecular flexibility index (Phi) is 7.26. The van der Waals surface area contributed by atoms with Crippen LogP contribution in [0.5, 0.6) is 11.5 Å². The average molecular weight is 386 g/mol. The minimum Gasteiger partial charge on any atom is -0.504 e. The van der Waals surface area contributed by atoms with Gasteiger partial charge >= 0.3 is 0 Å². The van der Waals surface area contributed by atoms with Crippen LogP contribution in [0.3, 0.4) is 0 Å². The van der Waals surface area contributed by atoms with Crippen molar-refractivity contribution in [2.75, 3.05) is 7.11 Å². The summed E-state index contributed by atoms with van der Waals surface area (Å²) in [5.74, 6) is 0.729. The number of benzene rings is 2. The number of methoxy groups -OCH3 is 1. The fourth-order valence-electron chi connectivity index (χ4n) is 2.97. The molecule has 0 fully saturated rings. The van der Waals surface area contributed by atoms with E-state index in [-0.39, 0.29) is 5.75 Å². The molecule has 2 rings (SSSR count). The van der Waals surface area contributed by atoms with Crippen LogP contribution in [0.4, 0.5) is 0 Å². The first kappa shape index (κ1) is 20.5. The fourth-order valence-corrected chi connectivity index (χ4v) is 8.83. The molecule has 3 nitrogen and oxygen atoms in total. The summed E-state index contributed by atoms with van der Waals surface area (Å²) in [6, 6.07) is 15.2. The van der Waals surface area contributed by atoms with Gasteiger partial charge in [0.25, 0.3) is 0 Å². The van der Waals surface area contributed by atoms with E-state index in [1.165, 1.54) is 10.8 Å². The van der Waals surface area contributed by atoms with Crippen molar-refractivity contribution in [1.82, 2.24) is 0 Å². The van der Waals surface area contributed by atoms with E-state index in [1.54, 1.807) is 13.2 Å². The van der Waals surface area contributed by atoms with Crippen molar-refractivity contribution in [3.8, 4) is 11.5 Å². The Morgan fingerprint density at radius 3 is 2.46 bits per heavy atom. The van der Waals surface area contributed by atoms with Crippen molar-refractivity contribution in [2.45, 2.75) is 38.5 Å². The lowest BCUT2D eigenvalue weighted by Gasteiger charge is -2.27. The van der Waals surface area contributed by atoms with Crippen LogP contribution < -0.4 is 9.92 Å². The number of aromatic hydroxyl groups is 1. The summed E-state index contributed by atoms with van der Waals surface area (Å²) >= 11 is 0. The number of hydrogen-bond acceptors (Lipinski definition) is 3. The summed E-state index contributed by atoms with van der Waals surface area (Å²) < 4.78 is 11.7. The Bertz CT molecular complexity index is 727. The van der Waals surface area contributed by atoms with Crippen LogP contribution in [0.15, 0.2) is 49.0 Å². The number of ether oxygens (including phenoxy) is 1. The first-order valence-corrected chi connectivity index (χ1v) is 14.0. The quantitative estimate of drug-likeness (QED) is 0.634. The molecule has 0 aliphatic rings. The lowest BCUT2D eigenvalue weighted by molar-refractivity contribution is 0.373. The highest BCUT2D eigenvalue weighted by molar-refractivity contribution is 6.82. The predicted octanol–water partition coefficient (Wildman–Crippen LogP) is 4.73. The zero-order valence-corrected chi connectivity index (χ0v) is 18.2. The highest BCUT2D eigenvalue weighted by Crippen LogP contribution is 2.27. The second-order valence-electron chi connectivity index (χ2n) is 7.10. The summed E-state index contributed by atoms with van der Waals surface area (Å²) in [6.45, 7) is 10.6. The van der Waals surface area contributed by atoms with Crippen molar-refractivity contribution in [3.63, 3.8) is 0 Å². The average Bonchev–Trinajstić information content (AvgIpc) is 2.62. The Morgan fingerprint density at radius 2 is 1.85 bits per heavy atom. The van der Waals surface area contributed by atoms with E-state index in [0.717, 1.165) is 24.4 Å². The van der Waals surface area contributed by atoms with Gasteiger partial charge in [0, 0.05) is 0 Å². The third-order valence-electron chi connectivity index (χ3n) is 4.47. The lowest BCUT2D eigenvalue weighted by Crippen LogP contribution is -2.42.